The second-order valence-electron chi connectivity index (χ2n) is 0.0833. The van der Waals surface area contributed by atoms with Crippen LogP contribution in [-0.2, 0) is 22.9 Å². The van der Waals surface area contributed by atoms with Crippen molar-refractivity contribution < 1.29 is 22.9 Å². The van der Waals surface area contributed by atoms with Crippen molar-refractivity contribution in [3.8, 4) is 0 Å². The predicted octanol–water partition coefficient (Wildman–Crippen LogP) is -0.563. The second-order valence-corrected chi connectivity index (χ2v) is 0.559. The molecule has 0 aromatic heterocycles. The Labute approximate surface area is 53.9 Å². The van der Waals surface area contributed by atoms with Gasteiger partial charge in [0, 0.05) is 16.8 Å². The molecule has 5 heavy (non-hydrogen) atoms. The van der Waals surface area contributed by atoms with Gasteiger partial charge in [0.2, 0.25) is 0 Å². The average molecular weight is 244 g/mol. The van der Waals surface area contributed by atoms with E-state index in [0.29, 0.717) is 0 Å². The van der Waals surface area contributed by atoms with E-state index in [4.69, 9.17) is 6.15 Å². The van der Waals surface area contributed by atoms with Gasteiger partial charge in [0.05, 0.1) is 0 Å². The Balaban J connectivity index is -0.0000000200. The van der Waals surface area contributed by atoms with Crippen molar-refractivity contribution in [2.24, 2.45) is 0 Å². The standard InChI is InChI=1S/Co.2O.H3P.Sn/h;;;1H3;. The molecule has 1 radical (unpaired) electrons. The molecule has 0 aliphatic carbocycles. The minimum atomic E-state index is -2.27. The van der Waals surface area contributed by atoms with Crippen LogP contribution in [0.1, 0.15) is 0 Å². The van der Waals surface area contributed by atoms with Gasteiger partial charge in [0.15, 0.2) is 0 Å². The van der Waals surface area contributed by atoms with Crippen molar-refractivity contribution in [2.45, 2.75) is 0 Å². The molecule has 1 unspecified atom stereocenters. The molecule has 0 fully saturated rings. The molecule has 1 atom stereocenters. The molecule has 0 N–H and O–H groups in total. The summed E-state index contributed by atoms with van der Waals surface area (Å²) in [6.45, 7) is 0. The van der Waals surface area contributed by atoms with Gasteiger partial charge >= 0.3 is 27.3 Å². The van der Waals surface area contributed by atoms with Crippen molar-refractivity contribution in [1.29, 1.82) is 0 Å². The number of hydrogen-bond acceptors (Lipinski definition) is 2. The fourth-order valence-corrected chi connectivity index (χ4v) is 0. The molecule has 0 bridgehead atoms. The normalized spacial score (nSPS) is 1.60. The summed E-state index contributed by atoms with van der Waals surface area (Å²) in [5.74, 6) is 0. The molecule has 0 aliphatic heterocycles. The number of hydrogen-bond donors (Lipinski definition) is 0. The van der Waals surface area contributed by atoms with E-state index in [1.165, 1.54) is 0 Å². The van der Waals surface area contributed by atoms with E-state index < -0.39 is 21.1 Å². The molecule has 0 aliphatic rings. The van der Waals surface area contributed by atoms with Crippen LogP contribution in [0.3, 0.4) is 0 Å². The summed E-state index contributed by atoms with van der Waals surface area (Å²) in [5, 5.41) is 0. The van der Waals surface area contributed by atoms with Crippen LogP contribution in [0.5, 0.6) is 0 Å². The first-order valence-electron chi connectivity index (χ1n) is 0.408. The van der Waals surface area contributed by atoms with Gasteiger partial charge in [-0.05, 0) is 0 Å². The molecule has 0 aromatic rings. The molecular weight excluding hydrogens is 241 g/mol. The average Bonchev–Trinajstić information content (AvgIpc) is 0.918. The first kappa shape index (κ1) is 16.2. The second kappa shape index (κ2) is 18.4. The molecule has 2 nitrogen and oxygen atoms in total. The molecule has 0 aromatic carbocycles. The third kappa shape index (κ3) is 33.3. The van der Waals surface area contributed by atoms with E-state index in [1.807, 2.05) is 0 Å². The van der Waals surface area contributed by atoms with Gasteiger partial charge in [-0.25, -0.2) is 0 Å². The summed E-state index contributed by atoms with van der Waals surface area (Å²) in [4.78, 5) is 0. The van der Waals surface area contributed by atoms with Gasteiger partial charge in [-0.1, -0.05) is 0 Å². The molecule has 0 rings (SSSR count). The molecule has 0 saturated carbocycles. The van der Waals surface area contributed by atoms with E-state index in [0.717, 1.165) is 0 Å². The monoisotopic (exact) mass is 245 g/mol. The Morgan fingerprint density at radius 2 is 1.20 bits per heavy atom. The van der Waals surface area contributed by atoms with Crippen molar-refractivity contribution in [3.05, 3.63) is 0 Å². The first-order valence-corrected chi connectivity index (χ1v) is 2.74. The Hall–Kier alpha value is 1.34. The predicted molar refractivity (Wildman–Crippen MR) is 18.2 cm³/mol. The molecule has 5 heteroatoms. The van der Waals surface area contributed by atoms with Crippen molar-refractivity contribution in [1.82, 2.24) is 0 Å². The van der Waals surface area contributed by atoms with Crippen LogP contribution < -0.4 is 0 Å². The fraction of sp³-hybridized carbons (Fsp3) is 0. The molecule has 0 saturated heterocycles. The van der Waals surface area contributed by atoms with Gasteiger partial charge in [-0.3, -0.25) is 0 Å². The van der Waals surface area contributed by atoms with Crippen LogP contribution in [0.2, 0.25) is 0 Å². The summed E-state index contributed by atoms with van der Waals surface area (Å²) >= 11 is -2.27. The van der Waals surface area contributed by atoms with Gasteiger partial charge in [-0.2, -0.15) is 9.90 Å². The maximum absolute atomic E-state index is 8.54. The van der Waals surface area contributed by atoms with E-state index >= 15 is 0 Å². The van der Waals surface area contributed by atoms with Crippen molar-refractivity contribution >= 4 is 31.0 Å². The van der Waals surface area contributed by atoms with Gasteiger partial charge in [0.1, 0.15) is 0 Å². The summed E-state index contributed by atoms with van der Waals surface area (Å²) in [6, 6.07) is 0. The Morgan fingerprint density at radius 1 is 1.20 bits per heavy atom. The minimum absolute atomic E-state index is 0. The SMILES string of the molecule is P.[Co].[O]=[Sn]=[O]. The van der Waals surface area contributed by atoms with Crippen LogP contribution >= 0.6 is 9.90 Å². The fourth-order valence-electron chi connectivity index (χ4n) is 0. The zero-order valence-corrected chi connectivity index (χ0v) is 7.67. The zero-order valence-electron chi connectivity index (χ0n) is 2.36. The van der Waals surface area contributed by atoms with Crippen LogP contribution in [0.25, 0.3) is 0 Å². The molecule has 0 spiro atoms. The summed E-state index contributed by atoms with van der Waals surface area (Å²) in [7, 11) is 0. The maximum atomic E-state index is 8.54. The van der Waals surface area contributed by atoms with E-state index in [1.54, 1.807) is 0 Å². The quantitative estimate of drug-likeness (QED) is 0.422. The van der Waals surface area contributed by atoms with Gasteiger partial charge in [-0.15, -0.1) is 0 Å². The zero-order chi connectivity index (χ0) is 2.71. The topological polar surface area (TPSA) is 34.1 Å². The summed E-state index contributed by atoms with van der Waals surface area (Å²) in [5.41, 5.74) is 0. The van der Waals surface area contributed by atoms with E-state index in [-0.39, 0.29) is 26.7 Å². The summed E-state index contributed by atoms with van der Waals surface area (Å²) < 4.78 is 17.1. The first-order chi connectivity index (χ1) is 1.41. The van der Waals surface area contributed by atoms with Crippen molar-refractivity contribution in [3.63, 3.8) is 0 Å². The number of rotatable bonds is 0. The summed E-state index contributed by atoms with van der Waals surface area (Å²) in [6.07, 6.45) is 0. The van der Waals surface area contributed by atoms with Crippen molar-refractivity contribution in [2.75, 3.05) is 0 Å². The van der Waals surface area contributed by atoms with E-state index in [2.05, 4.69) is 0 Å². The van der Waals surface area contributed by atoms with E-state index in [9.17, 15) is 0 Å². The van der Waals surface area contributed by atoms with Crippen LogP contribution in [0, 0.1) is 0 Å². The van der Waals surface area contributed by atoms with Gasteiger partial charge < -0.3 is 0 Å². The van der Waals surface area contributed by atoms with Crippen LogP contribution in [-0.4, -0.2) is 21.1 Å². The molecule has 0 amide bonds. The molecule has 0 heterocycles. The van der Waals surface area contributed by atoms with Crippen LogP contribution in [0.4, 0.5) is 0 Å². The third-order valence-corrected chi connectivity index (χ3v) is 0. The molecular formula is H3CoO2PSn. The van der Waals surface area contributed by atoms with Crippen LogP contribution in [0.15, 0.2) is 0 Å². The third-order valence-electron chi connectivity index (χ3n) is 0. The Bertz CT molecular complexity index is 30.6. The Morgan fingerprint density at radius 3 is 1.20 bits per heavy atom. The molecule has 33 valence electrons. The Kier molecular flexibility index (Phi) is 59.6. The van der Waals surface area contributed by atoms with Gasteiger partial charge in [0.25, 0.3) is 0 Å².